The minimum absolute atomic E-state index is 0.118. The maximum atomic E-state index is 12.1. The van der Waals surface area contributed by atoms with Crippen LogP contribution < -0.4 is 0 Å². The van der Waals surface area contributed by atoms with E-state index in [1.54, 1.807) is 0 Å². The molecule has 0 amide bonds. The summed E-state index contributed by atoms with van der Waals surface area (Å²) >= 11 is 0. The Morgan fingerprint density at radius 2 is 1.72 bits per heavy atom. The minimum Gasteiger partial charge on any atom is -0.459 e. The third-order valence-corrected chi connectivity index (χ3v) is 4.90. The summed E-state index contributed by atoms with van der Waals surface area (Å²) < 4.78 is 5.88. The van der Waals surface area contributed by atoms with Gasteiger partial charge in [-0.15, -0.1) is 0 Å². The molecule has 0 saturated heterocycles. The molecule has 4 saturated carbocycles. The lowest BCUT2D eigenvalue weighted by Gasteiger charge is -2.59. The maximum absolute atomic E-state index is 12.1. The predicted octanol–water partition coefficient (Wildman–Crippen LogP) is 2.66. The summed E-state index contributed by atoms with van der Waals surface area (Å²) in [5, 5.41) is 10.6. The molecule has 102 valence electrons. The first-order valence-corrected chi connectivity index (χ1v) is 7.16. The van der Waals surface area contributed by atoms with Gasteiger partial charge in [-0.3, -0.25) is 4.79 Å². The standard InChI is InChI=1S/C15H24O3/c1-13(2,3)12(16)18-15-7-10-4-11(8-15)6-14(17,5-10)9-15/h10-11,17H,4-9H2,1-3H3. The quantitative estimate of drug-likeness (QED) is 0.730. The van der Waals surface area contributed by atoms with Crippen molar-refractivity contribution in [3.05, 3.63) is 0 Å². The van der Waals surface area contributed by atoms with Crippen molar-refractivity contribution in [3.8, 4) is 0 Å². The largest absolute Gasteiger partial charge is 0.459 e. The highest BCUT2D eigenvalue weighted by Crippen LogP contribution is 2.59. The van der Waals surface area contributed by atoms with Crippen molar-refractivity contribution in [1.82, 2.24) is 0 Å². The Morgan fingerprint density at radius 1 is 1.17 bits per heavy atom. The Morgan fingerprint density at radius 3 is 2.17 bits per heavy atom. The predicted molar refractivity (Wildman–Crippen MR) is 67.9 cm³/mol. The van der Waals surface area contributed by atoms with E-state index < -0.39 is 11.0 Å². The molecule has 0 aromatic rings. The number of hydrogen-bond acceptors (Lipinski definition) is 3. The number of rotatable bonds is 1. The molecular weight excluding hydrogens is 228 g/mol. The second kappa shape index (κ2) is 3.50. The Hall–Kier alpha value is -0.570. The van der Waals surface area contributed by atoms with Gasteiger partial charge in [0.15, 0.2) is 0 Å². The molecule has 3 heteroatoms. The monoisotopic (exact) mass is 252 g/mol. The van der Waals surface area contributed by atoms with E-state index in [-0.39, 0.29) is 11.6 Å². The van der Waals surface area contributed by atoms with Gasteiger partial charge in [0.1, 0.15) is 5.60 Å². The van der Waals surface area contributed by atoms with E-state index in [4.69, 9.17) is 4.74 Å². The summed E-state index contributed by atoms with van der Waals surface area (Å²) in [4.78, 5) is 12.1. The summed E-state index contributed by atoms with van der Waals surface area (Å²) in [6.07, 6.45) is 5.64. The van der Waals surface area contributed by atoms with Crippen LogP contribution in [0.4, 0.5) is 0 Å². The van der Waals surface area contributed by atoms with E-state index >= 15 is 0 Å². The van der Waals surface area contributed by atoms with Crippen molar-refractivity contribution in [3.63, 3.8) is 0 Å². The lowest BCUT2D eigenvalue weighted by molar-refractivity contribution is -0.224. The molecule has 0 heterocycles. The van der Waals surface area contributed by atoms with Gasteiger partial charge in [-0.05, 0) is 64.7 Å². The van der Waals surface area contributed by atoms with Crippen LogP contribution >= 0.6 is 0 Å². The first kappa shape index (κ1) is 12.5. The molecule has 0 aliphatic heterocycles. The lowest BCUT2D eigenvalue weighted by atomic mass is 9.52. The first-order valence-electron chi connectivity index (χ1n) is 7.16. The summed E-state index contributed by atoms with van der Waals surface area (Å²) in [6, 6.07) is 0. The van der Waals surface area contributed by atoms with Crippen LogP contribution in [-0.4, -0.2) is 22.3 Å². The van der Waals surface area contributed by atoms with Crippen LogP contribution in [0, 0.1) is 17.3 Å². The number of esters is 1. The van der Waals surface area contributed by atoms with Gasteiger partial charge < -0.3 is 9.84 Å². The normalized spacial score (nSPS) is 46.2. The van der Waals surface area contributed by atoms with E-state index in [2.05, 4.69) is 0 Å². The highest BCUT2D eigenvalue weighted by molar-refractivity contribution is 5.75. The van der Waals surface area contributed by atoms with Gasteiger partial charge in [0, 0.05) is 6.42 Å². The van der Waals surface area contributed by atoms with Crippen LogP contribution in [0.5, 0.6) is 0 Å². The van der Waals surface area contributed by atoms with Crippen molar-refractivity contribution in [2.75, 3.05) is 0 Å². The third-order valence-electron chi connectivity index (χ3n) is 4.90. The van der Waals surface area contributed by atoms with Crippen molar-refractivity contribution in [2.24, 2.45) is 17.3 Å². The van der Waals surface area contributed by atoms with Crippen LogP contribution in [0.1, 0.15) is 59.3 Å². The van der Waals surface area contributed by atoms with Gasteiger partial charge in [-0.1, -0.05) is 0 Å². The molecule has 0 radical (unpaired) electrons. The molecule has 4 fully saturated rings. The third kappa shape index (κ3) is 1.97. The van der Waals surface area contributed by atoms with Crippen molar-refractivity contribution in [2.45, 2.75) is 70.5 Å². The Bertz CT molecular complexity index is 366. The molecule has 2 unspecified atom stereocenters. The average molecular weight is 252 g/mol. The topological polar surface area (TPSA) is 46.5 Å². The van der Waals surface area contributed by atoms with Crippen molar-refractivity contribution in [1.29, 1.82) is 0 Å². The number of carbonyl (C=O) groups excluding carboxylic acids is 1. The number of carbonyl (C=O) groups is 1. The molecule has 0 aromatic heterocycles. The van der Waals surface area contributed by atoms with Crippen molar-refractivity contribution >= 4 is 5.97 Å². The van der Waals surface area contributed by atoms with Gasteiger partial charge in [0.2, 0.25) is 0 Å². The van der Waals surface area contributed by atoms with Gasteiger partial charge in [-0.2, -0.15) is 0 Å². The summed E-state index contributed by atoms with van der Waals surface area (Å²) in [5.41, 5.74) is -1.36. The second-order valence-corrected chi connectivity index (χ2v) is 8.01. The van der Waals surface area contributed by atoms with Crippen LogP contribution in [0.3, 0.4) is 0 Å². The fourth-order valence-corrected chi connectivity index (χ4v) is 4.60. The van der Waals surface area contributed by atoms with Crippen LogP contribution in [0.15, 0.2) is 0 Å². The zero-order valence-corrected chi connectivity index (χ0v) is 11.7. The number of hydrogen-bond donors (Lipinski definition) is 1. The van der Waals surface area contributed by atoms with E-state index in [9.17, 15) is 9.90 Å². The molecule has 0 aromatic carbocycles. The smallest absolute Gasteiger partial charge is 0.311 e. The van der Waals surface area contributed by atoms with Gasteiger partial charge in [0.05, 0.1) is 11.0 Å². The number of aliphatic hydroxyl groups is 1. The van der Waals surface area contributed by atoms with Gasteiger partial charge >= 0.3 is 5.97 Å². The summed E-state index contributed by atoms with van der Waals surface area (Å²) in [6.45, 7) is 5.68. The average Bonchev–Trinajstić information content (AvgIpc) is 2.10. The lowest BCUT2D eigenvalue weighted by Crippen LogP contribution is -2.60. The SMILES string of the molecule is CC(C)(C)C(=O)OC12CC3CC(CC(O)(C3)C1)C2. The maximum Gasteiger partial charge on any atom is 0.311 e. The van der Waals surface area contributed by atoms with Crippen LogP contribution in [-0.2, 0) is 9.53 Å². The zero-order valence-electron chi connectivity index (χ0n) is 11.7. The van der Waals surface area contributed by atoms with E-state index in [1.807, 2.05) is 20.8 Å². The first-order chi connectivity index (χ1) is 8.20. The zero-order chi connectivity index (χ0) is 13.2. The van der Waals surface area contributed by atoms with E-state index in [0.29, 0.717) is 18.3 Å². The van der Waals surface area contributed by atoms with Gasteiger partial charge in [-0.25, -0.2) is 0 Å². The fraction of sp³-hybridized carbons (Fsp3) is 0.933. The minimum atomic E-state index is -0.553. The highest BCUT2D eigenvalue weighted by Gasteiger charge is 2.59. The van der Waals surface area contributed by atoms with E-state index in [1.165, 1.54) is 6.42 Å². The summed E-state index contributed by atoms with van der Waals surface area (Å²) in [5.74, 6) is 1.00. The van der Waals surface area contributed by atoms with Gasteiger partial charge in [0.25, 0.3) is 0 Å². The Labute approximate surface area is 109 Å². The fourth-order valence-electron chi connectivity index (χ4n) is 4.60. The van der Waals surface area contributed by atoms with Crippen LogP contribution in [0.25, 0.3) is 0 Å². The summed E-state index contributed by atoms with van der Waals surface area (Å²) in [7, 11) is 0. The number of ether oxygens (including phenoxy) is 1. The molecule has 0 spiro atoms. The molecule has 18 heavy (non-hydrogen) atoms. The molecule has 4 aliphatic rings. The van der Waals surface area contributed by atoms with E-state index in [0.717, 1.165) is 25.7 Å². The molecule has 4 bridgehead atoms. The molecular formula is C15H24O3. The van der Waals surface area contributed by atoms with Crippen LogP contribution in [0.2, 0.25) is 0 Å². The molecule has 2 atom stereocenters. The second-order valence-electron chi connectivity index (χ2n) is 8.01. The Kier molecular flexibility index (Phi) is 2.42. The molecule has 4 aliphatic carbocycles. The molecule has 1 N–H and O–H groups in total. The Balaban J connectivity index is 1.81. The molecule has 4 rings (SSSR count). The highest BCUT2D eigenvalue weighted by atomic mass is 16.6. The molecule has 3 nitrogen and oxygen atoms in total. The van der Waals surface area contributed by atoms with Crippen molar-refractivity contribution < 1.29 is 14.6 Å².